The van der Waals surface area contributed by atoms with Crippen molar-refractivity contribution in [2.24, 2.45) is 4.99 Å². The first-order chi connectivity index (χ1) is 18.6. The van der Waals surface area contributed by atoms with Gasteiger partial charge in [0.1, 0.15) is 11.8 Å². The molecule has 0 radical (unpaired) electrons. The third-order valence-corrected chi connectivity index (χ3v) is 7.62. The fraction of sp³-hybridized carbons (Fsp3) is 0.269. The Morgan fingerprint density at radius 3 is 2.72 bits per heavy atom. The van der Waals surface area contributed by atoms with Gasteiger partial charge in [-0.15, -0.1) is 0 Å². The summed E-state index contributed by atoms with van der Waals surface area (Å²) in [4.78, 5) is 42.9. The normalized spacial score (nSPS) is 15.1. The van der Waals surface area contributed by atoms with Crippen LogP contribution in [-0.2, 0) is 9.53 Å². The molecule has 39 heavy (non-hydrogen) atoms. The largest absolute Gasteiger partial charge is 0.502 e. The van der Waals surface area contributed by atoms with E-state index >= 15 is 0 Å². The van der Waals surface area contributed by atoms with Gasteiger partial charge >= 0.3 is 11.7 Å². The van der Waals surface area contributed by atoms with E-state index in [0.29, 0.717) is 44.1 Å². The highest BCUT2D eigenvalue weighted by Crippen LogP contribution is 2.38. The number of allylic oxidation sites excluding steroid dienone is 1. The molecule has 1 atom stereocenters. The van der Waals surface area contributed by atoms with Gasteiger partial charge in [-0.2, -0.15) is 0 Å². The Hall–Kier alpha value is -3.48. The molecule has 0 unspecified atom stereocenters. The number of benzene rings is 2. The van der Waals surface area contributed by atoms with Crippen molar-refractivity contribution in [2.75, 3.05) is 13.7 Å². The standard InChI is InChI=1S/C26H23BrClN3O7S/c1-4-6-17-21(25(34)38-5-2)22(16-12-15(28)7-8-19(16)37-3)30-24(33)20(39-26(30)29-17)10-13-9-14(27)11-18(23(13)32)31(35)36/h7-12,22,32H,4-6H2,1-3H3/b20-10+/t22-/m0/s1. The molecule has 13 heteroatoms. The lowest BCUT2D eigenvalue weighted by Crippen LogP contribution is -2.40. The van der Waals surface area contributed by atoms with Crippen LogP contribution in [0.5, 0.6) is 11.5 Å². The van der Waals surface area contributed by atoms with E-state index in [4.69, 9.17) is 21.1 Å². The maximum atomic E-state index is 13.9. The van der Waals surface area contributed by atoms with Gasteiger partial charge in [0.25, 0.3) is 5.56 Å². The molecule has 1 N–H and O–H groups in total. The quantitative estimate of drug-likeness (QED) is 0.217. The van der Waals surface area contributed by atoms with E-state index in [1.165, 1.54) is 29.9 Å². The first-order valence-corrected chi connectivity index (χ1v) is 13.8. The van der Waals surface area contributed by atoms with Gasteiger partial charge in [0.2, 0.25) is 5.75 Å². The lowest BCUT2D eigenvalue weighted by atomic mass is 9.93. The molecule has 1 aliphatic heterocycles. The number of hydrogen-bond donors (Lipinski definition) is 1. The summed E-state index contributed by atoms with van der Waals surface area (Å²) in [6, 6.07) is 6.57. The summed E-state index contributed by atoms with van der Waals surface area (Å²) in [5, 5.41) is 22.3. The number of hydrogen-bond acceptors (Lipinski definition) is 9. The van der Waals surface area contributed by atoms with Crippen molar-refractivity contribution in [3.05, 3.63) is 92.0 Å². The van der Waals surface area contributed by atoms with Crippen molar-refractivity contribution >= 4 is 56.6 Å². The zero-order valence-electron chi connectivity index (χ0n) is 21.1. The average molecular weight is 637 g/mol. The molecule has 2 aromatic carbocycles. The average Bonchev–Trinajstić information content (AvgIpc) is 3.19. The van der Waals surface area contributed by atoms with Gasteiger partial charge in [-0.1, -0.05) is 52.2 Å². The molecule has 10 nitrogen and oxygen atoms in total. The van der Waals surface area contributed by atoms with E-state index < -0.39 is 33.9 Å². The number of carbonyl (C=O) groups is 1. The number of rotatable bonds is 8. The van der Waals surface area contributed by atoms with E-state index in [2.05, 4.69) is 20.9 Å². The van der Waals surface area contributed by atoms with E-state index in [1.807, 2.05) is 6.92 Å². The van der Waals surface area contributed by atoms with Crippen molar-refractivity contribution < 1.29 is 24.3 Å². The number of carbonyl (C=O) groups excluding carboxylic acids is 1. The number of fused-ring (bicyclic) bond motifs is 1. The number of halogens is 2. The number of phenols is 1. The minimum absolute atomic E-state index is 0.0663. The van der Waals surface area contributed by atoms with Gasteiger partial charge in [0, 0.05) is 26.7 Å². The van der Waals surface area contributed by atoms with Crippen LogP contribution < -0.4 is 19.6 Å². The Kier molecular flexibility index (Phi) is 8.57. The molecule has 1 aliphatic rings. The molecular formula is C26H23BrClN3O7S. The minimum atomic E-state index is -0.969. The van der Waals surface area contributed by atoms with Crippen molar-refractivity contribution in [1.29, 1.82) is 0 Å². The van der Waals surface area contributed by atoms with E-state index in [1.54, 1.807) is 25.1 Å². The number of nitrogens with zero attached hydrogens (tertiary/aromatic N) is 3. The van der Waals surface area contributed by atoms with Crippen LogP contribution >= 0.6 is 38.9 Å². The zero-order chi connectivity index (χ0) is 28.4. The van der Waals surface area contributed by atoms with Crippen LogP contribution in [0.3, 0.4) is 0 Å². The first kappa shape index (κ1) is 28.5. The molecule has 0 aliphatic carbocycles. The molecule has 0 saturated heterocycles. The van der Waals surface area contributed by atoms with Gasteiger partial charge < -0.3 is 14.6 Å². The second-order valence-corrected chi connectivity index (χ2v) is 10.8. The van der Waals surface area contributed by atoms with Gasteiger partial charge in [0.05, 0.1) is 34.4 Å². The Morgan fingerprint density at radius 1 is 1.33 bits per heavy atom. The molecule has 1 aromatic heterocycles. The van der Waals surface area contributed by atoms with Crippen LogP contribution in [0.1, 0.15) is 43.9 Å². The highest BCUT2D eigenvalue weighted by molar-refractivity contribution is 9.10. The van der Waals surface area contributed by atoms with Crippen LogP contribution in [-0.4, -0.2) is 34.3 Å². The number of methoxy groups -OCH3 is 1. The Labute approximate surface area is 239 Å². The number of nitro benzene ring substituents is 1. The summed E-state index contributed by atoms with van der Waals surface area (Å²) in [7, 11) is 1.47. The molecule has 0 spiro atoms. The SMILES string of the molecule is CCCC1=C(C(=O)OCC)[C@H](c2cc(Cl)ccc2OC)n2c(s/c(=C/c3cc(Br)cc([N+](=O)[O-])c3O)c2=O)=N1. The maximum absolute atomic E-state index is 13.9. The Bertz CT molecular complexity index is 1700. The number of nitro groups is 1. The second kappa shape index (κ2) is 11.7. The summed E-state index contributed by atoms with van der Waals surface area (Å²) >= 11 is 10.6. The summed E-state index contributed by atoms with van der Waals surface area (Å²) < 4.78 is 12.8. The highest BCUT2D eigenvalue weighted by atomic mass is 79.9. The van der Waals surface area contributed by atoms with Gasteiger partial charge in [-0.3, -0.25) is 19.5 Å². The fourth-order valence-corrected chi connectivity index (χ4v) is 5.98. The van der Waals surface area contributed by atoms with Crippen LogP contribution in [0.2, 0.25) is 5.02 Å². The topological polar surface area (TPSA) is 133 Å². The Morgan fingerprint density at radius 2 is 2.08 bits per heavy atom. The van der Waals surface area contributed by atoms with Crippen molar-refractivity contribution in [2.45, 2.75) is 32.7 Å². The highest BCUT2D eigenvalue weighted by Gasteiger charge is 2.36. The van der Waals surface area contributed by atoms with Crippen molar-refractivity contribution in [3.8, 4) is 11.5 Å². The zero-order valence-corrected chi connectivity index (χ0v) is 24.2. The van der Waals surface area contributed by atoms with Gasteiger partial charge in [-0.05, 0) is 43.7 Å². The molecule has 0 bridgehead atoms. The molecule has 0 saturated carbocycles. The van der Waals surface area contributed by atoms with E-state index in [-0.39, 0.29) is 22.3 Å². The van der Waals surface area contributed by atoms with Crippen LogP contribution in [0.15, 0.2) is 55.9 Å². The predicted octanol–water partition coefficient (Wildman–Crippen LogP) is 4.62. The summed E-state index contributed by atoms with van der Waals surface area (Å²) in [5.41, 5.74) is 0.155. The van der Waals surface area contributed by atoms with Crippen molar-refractivity contribution in [1.82, 2.24) is 4.57 Å². The number of esters is 1. The van der Waals surface area contributed by atoms with Crippen LogP contribution in [0, 0.1) is 10.1 Å². The predicted molar refractivity (Wildman–Crippen MR) is 150 cm³/mol. The molecule has 204 valence electrons. The van der Waals surface area contributed by atoms with E-state index in [0.717, 1.165) is 11.3 Å². The minimum Gasteiger partial charge on any atom is -0.502 e. The molecule has 0 amide bonds. The molecule has 0 fully saturated rings. The van der Waals surface area contributed by atoms with Crippen LogP contribution in [0.4, 0.5) is 5.69 Å². The number of aromatic nitrogens is 1. The molecule has 4 rings (SSSR count). The van der Waals surface area contributed by atoms with Gasteiger partial charge in [0.15, 0.2) is 4.80 Å². The third kappa shape index (κ3) is 5.49. The number of thiazole rings is 1. The molecule has 3 aromatic rings. The summed E-state index contributed by atoms with van der Waals surface area (Å²) in [6.07, 6.45) is 2.47. The molecule has 2 heterocycles. The number of aromatic hydroxyl groups is 1. The first-order valence-electron chi connectivity index (χ1n) is 11.8. The molecular weight excluding hydrogens is 614 g/mol. The monoisotopic (exact) mass is 635 g/mol. The van der Waals surface area contributed by atoms with Crippen LogP contribution in [0.25, 0.3) is 6.08 Å². The van der Waals surface area contributed by atoms with Crippen molar-refractivity contribution in [3.63, 3.8) is 0 Å². The fourth-order valence-electron chi connectivity index (χ4n) is 4.33. The lowest BCUT2D eigenvalue weighted by molar-refractivity contribution is -0.385. The second-order valence-electron chi connectivity index (χ2n) is 8.42. The maximum Gasteiger partial charge on any atom is 0.338 e. The number of phenolic OH excluding ortho intramolecular Hbond substituents is 1. The summed E-state index contributed by atoms with van der Waals surface area (Å²) in [5.74, 6) is -0.800. The summed E-state index contributed by atoms with van der Waals surface area (Å²) in [6.45, 7) is 3.75. The van der Waals surface area contributed by atoms with Gasteiger partial charge in [-0.25, -0.2) is 9.79 Å². The third-order valence-electron chi connectivity index (χ3n) is 5.95. The smallest absolute Gasteiger partial charge is 0.338 e. The number of ether oxygens (including phenoxy) is 2. The Balaban J connectivity index is 2.08. The lowest BCUT2D eigenvalue weighted by Gasteiger charge is -2.27. The van der Waals surface area contributed by atoms with E-state index in [9.17, 15) is 24.8 Å².